The topological polar surface area (TPSA) is 23.5 Å². The van der Waals surface area contributed by atoms with Gasteiger partial charge in [0.15, 0.2) is 0 Å². The lowest BCUT2D eigenvalue weighted by Gasteiger charge is -2.30. The molecule has 1 unspecified atom stereocenters. The van der Waals surface area contributed by atoms with E-state index in [0.717, 1.165) is 36.1 Å². The highest BCUT2D eigenvalue weighted by atomic mass is 32.1. The van der Waals surface area contributed by atoms with Gasteiger partial charge in [-0.05, 0) is 62.1 Å². The second-order valence-electron chi connectivity index (χ2n) is 5.89. The zero-order valence-corrected chi connectivity index (χ0v) is 13.4. The van der Waals surface area contributed by atoms with Crippen molar-refractivity contribution < 1.29 is 5.11 Å². The van der Waals surface area contributed by atoms with Crippen LogP contribution in [0.3, 0.4) is 0 Å². The molecule has 1 atom stereocenters. The van der Waals surface area contributed by atoms with Crippen molar-refractivity contribution in [3.05, 3.63) is 57.3 Å². The van der Waals surface area contributed by atoms with E-state index in [9.17, 15) is 5.11 Å². The fourth-order valence-electron chi connectivity index (χ4n) is 3.04. The van der Waals surface area contributed by atoms with Crippen molar-refractivity contribution in [1.82, 2.24) is 4.90 Å². The molecule has 1 heterocycles. The summed E-state index contributed by atoms with van der Waals surface area (Å²) in [4.78, 5) is 3.33. The van der Waals surface area contributed by atoms with Crippen LogP contribution in [-0.2, 0) is 5.60 Å². The average molecular weight is 299 g/mol. The first kappa shape index (κ1) is 14.5. The molecule has 3 heteroatoms. The van der Waals surface area contributed by atoms with Crippen molar-refractivity contribution >= 4 is 23.5 Å². The molecule has 0 amide bonds. The first-order valence-corrected chi connectivity index (χ1v) is 8.22. The smallest absolute Gasteiger partial charge is 0.117 e. The van der Waals surface area contributed by atoms with E-state index < -0.39 is 5.60 Å². The van der Waals surface area contributed by atoms with Crippen LogP contribution in [0.1, 0.15) is 34.4 Å². The minimum atomic E-state index is -0.883. The van der Waals surface area contributed by atoms with Crippen LogP contribution < -0.4 is 0 Å². The summed E-state index contributed by atoms with van der Waals surface area (Å²) in [7, 11) is 4.14. The van der Waals surface area contributed by atoms with E-state index in [0.29, 0.717) is 0 Å². The molecular formula is C18H21NOS. The summed E-state index contributed by atoms with van der Waals surface area (Å²) in [5, 5.41) is 13.6. The molecule has 1 aliphatic rings. The Morgan fingerprint density at radius 3 is 2.71 bits per heavy atom. The van der Waals surface area contributed by atoms with Gasteiger partial charge in [0, 0.05) is 10.4 Å². The molecule has 1 aromatic carbocycles. The Labute approximate surface area is 130 Å². The van der Waals surface area contributed by atoms with E-state index in [1.54, 1.807) is 11.3 Å². The van der Waals surface area contributed by atoms with Gasteiger partial charge in [-0.3, -0.25) is 0 Å². The number of rotatable bonds is 4. The molecule has 110 valence electrons. The molecule has 21 heavy (non-hydrogen) atoms. The Morgan fingerprint density at radius 2 is 1.90 bits per heavy atom. The van der Waals surface area contributed by atoms with Gasteiger partial charge in [-0.25, -0.2) is 0 Å². The molecule has 0 aliphatic heterocycles. The van der Waals surface area contributed by atoms with Gasteiger partial charge in [-0.1, -0.05) is 30.3 Å². The number of aliphatic hydroxyl groups is 1. The summed E-state index contributed by atoms with van der Waals surface area (Å²) in [5.41, 5.74) is 2.31. The molecule has 1 aromatic heterocycles. The highest BCUT2D eigenvalue weighted by Crippen LogP contribution is 2.42. The molecule has 0 spiro atoms. The molecule has 2 nitrogen and oxygen atoms in total. The van der Waals surface area contributed by atoms with Gasteiger partial charge in [0.05, 0.1) is 0 Å². The van der Waals surface area contributed by atoms with Gasteiger partial charge in [-0.2, -0.15) is 0 Å². The Morgan fingerprint density at radius 1 is 1.10 bits per heavy atom. The Bertz CT molecular complexity index is 659. The lowest BCUT2D eigenvalue weighted by Crippen LogP contribution is -2.29. The summed E-state index contributed by atoms with van der Waals surface area (Å²) in [6.07, 6.45) is 5.96. The number of benzene rings is 1. The lowest BCUT2D eigenvalue weighted by molar-refractivity contribution is 0.0667. The second-order valence-corrected chi connectivity index (χ2v) is 6.83. The first-order chi connectivity index (χ1) is 10.1. The normalized spacial score (nSPS) is 20.2. The monoisotopic (exact) mass is 299 g/mol. The Balaban J connectivity index is 2.04. The number of nitrogens with zero attached hydrogens (tertiary/aromatic N) is 1. The Hall–Kier alpha value is -1.42. The van der Waals surface area contributed by atoms with Gasteiger partial charge >= 0.3 is 0 Å². The van der Waals surface area contributed by atoms with Gasteiger partial charge < -0.3 is 10.0 Å². The molecule has 0 bridgehead atoms. The average Bonchev–Trinajstić information content (AvgIpc) is 2.90. The third-order valence-electron chi connectivity index (χ3n) is 4.11. The zero-order chi connectivity index (χ0) is 14.9. The molecule has 0 radical (unpaired) electrons. The van der Waals surface area contributed by atoms with Crippen LogP contribution in [0, 0.1) is 0 Å². The summed E-state index contributed by atoms with van der Waals surface area (Å²) in [5.74, 6) is 0. The number of hydrogen-bond acceptors (Lipinski definition) is 3. The standard InChI is InChI=1S/C18H21NOS/c1-19(2)12-5-11-18(20)15-7-4-3-6-14(15)8-9-17-16(18)10-13-21-17/h3-4,6-10,13,20H,5,11-12H2,1-2H3. The zero-order valence-electron chi connectivity index (χ0n) is 12.5. The van der Waals surface area contributed by atoms with Gasteiger partial charge in [-0.15, -0.1) is 11.3 Å². The summed E-state index contributed by atoms with van der Waals surface area (Å²) < 4.78 is 0. The minimum absolute atomic E-state index is 0.744. The quantitative estimate of drug-likeness (QED) is 0.928. The minimum Gasteiger partial charge on any atom is -0.380 e. The maximum Gasteiger partial charge on any atom is 0.117 e. The summed E-state index contributed by atoms with van der Waals surface area (Å²) >= 11 is 1.69. The van der Waals surface area contributed by atoms with Crippen molar-refractivity contribution in [2.45, 2.75) is 18.4 Å². The van der Waals surface area contributed by atoms with Crippen LogP contribution in [-0.4, -0.2) is 30.6 Å². The molecule has 0 saturated heterocycles. The van der Waals surface area contributed by atoms with Crippen LogP contribution in [0.2, 0.25) is 0 Å². The molecule has 0 fully saturated rings. The molecule has 3 rings (SSSR count). The van der Waals surface area contributed by atoms with Crippen LogP contribution in [0.15, 0.2) is 35.7 Å². The number of fused-ring (bicyclic) bond motifs is 2. The number of thiophene rings is 1. The summed E-state index contributed by atoms with van der Waals surface area (Å²) in [6.45, 7) is 0.984. The number of hydrogen-bond donors (Lipinski definition) is 1. The summed E-state index contributed by atoms with van der Waals surface area (Å²) in [6, 6.07) is 10.3. The SMILES string of the molecule is CN(C)CCCC1(O)c2ccccc2C=Cc2sccc21. The fourth-order valence-corrected chi connectivity index (χ4v) is 3.90. The third-order valence-corrected chi connectivity index (χ3v) is 4.99. The second kappa shape index (κ2) is 5.76. The Kier molecular flexibility index (Phi) is 3.98. The highest BCUT2D eigenvalue weighted by Gasteiger charge is 2.36. The van der Waals surface area contributed by atoms with Crippen molar-refractivity contribution in [3.63, 3.8) is 0 Å². The van der Waals surface area contributed by atoms with Crippen LogP contribution in [0.4, 0.5) is 0 Å². The van der Waals surface area contributed by atoms with Gasteiger partial charge in [0.1, 0.15) is 5.60 Å². The fraction of sp³-hybridized carbons (Fsp3) is 0.333. The van der Waals surface area contributed by atoms with Crippen LogP contribution in [0.25, 0.3) is 12.2 Å². The molecule has 1 N–H and O–H groups in total. The molecule has 2 aromatic rings. The lowest BCUT2D eigenvalue weighted by atomic mass is 9.81. The van der Waals surface area contributed by atoms with Crippen molar-refractivity contribution in [3.8, 4) is 0 Å². The third kappa shape index (κ3) is 2.69. The van der Waals surface area contributed by atoms with E-state index in [-0.39, 0.29) is 0 Å². The predicted molar refractivity (Wildman–Crippen MR) is 90.5 cm³/mol. The molecular weight excluding hydrogens is 278 g/mol. The van der Waals surface area contributed by atoms with Crippen molar-refractivity contribution in [2.24, 2.45) is 0 Å². The van der Waals surface area contributed by atoms with E-state index >= 15 is 0 Å². The van der Waals surface area contributed by atoms with E-state index in [1.165, 1.54) is 4.88 Å². The highest BCUT2D eigenvalue weighted by molar-refractivity contribution is 7.11. The van der Waals surface area contributed by atoms with Crippen molar-refractivity contribution in [1.29, 1.82) is 0 Å². The van der Waals surface area contributed by atoms with Gasteiger partial charge in [0.2, 0.25) is 0 Å². The molecule has 1 aliphatic carbocycles. The van der Waals surface area contributed by atoms with E-state index in [4.69, 9.17) is 0 Å². The maximum atomic E-state index is 11.5. The molecule has 0 saturated carbocycles. The van der Waals surface area contributed by atoms with E-state index in [1.807, 2.05) is 12.1 Å². The van der Waals surface area contributed by atoms with Crippen LogP contribution in [0.5, 0.6) is 0 Å². The largest absolute Gasteiger partial charge is 0.380 e. The van der Waals surface area contributed by atoms with Crippen molar-refractivity contribution in [2.75, 3.05) is 20.6 Å². The van der Waals surface area contributed by atoms with Gasteiger partial charge in [0.25, 0.3) is 0 Å². The maximum absolute atomic E-state index is 11.5. The van der Waals surface area contributed by atoms with Crippen LogP contribution >= 0.6 is 11.3 Å². The predicted octanol–water partition coefficient (Wildman–Crippen LogP) is 3.81. The first-order valence-electron chi connectivity index (χ1n) is 7.34. The van der Waals surface area contributed by atoms with E-state index in [2.05, 4.69) is 54.7 Å².